The third-order valence-electron chi connectivity index (χ3n) is 3.73. The van der Waals surface area contributed by atoms with Crippen molar-refractivity contribution in [2.45, 2.75) is 43.4 Å². The molecule has 12 nitrogen and oxygen atoms in total. The molecular formula is C15H29N5O7S. The molecule has 0 bridgehead atoms. The summed E-state index contributed by atoms with van der Waals surface area (Å²) in [5.74, 6) is -3.97. The van der Waals surface area contributed by atoms with Gasteiger partial charge in [-0.3, -0.25) is 14.4 Å². The fourth-order valence-corrected chi connectivity index (χ4v) is 2.29. The Labute approximate surface area is 167 Å². The summed E-state index contributed by atoms with van der Waals surface area (Å²) in [6.45, 7) is -1.04. The molecule has 0 aliphatic rings. The summed E-state index contributed by atoms with van der Waals surface area (Å²) in [5.41, 5.74) is 10.8. The summed E-state index contributed by atoms with van der Waals surface area (Å²) in [6.07, 6.45) is 1.25. The van der Waals surface area contributed by atoms with E-state index in [1.165, 1.54) is 0 Å². The zero-order chi connectivity index (χ0) is 21.7. The standard InChI is InChI=1S/C15H29N5O7S/c16-4-2-1-3-9(18-12(23)8(17)5-21)13(24)19-10(6-22)14(25)20-11(7-28)15(26)27/h8-11,21-22,28H,1-7,16-17H2,(H,18,23)(H,19,24)(H,20,25)(H,26,27). The first-order chi connectivity index (χ1) is 13.2. The Morgan fingerprint density at radius 1 is 0.857 bits per heavy atom. The first-order valence-electron chi connectivity index (χ1n) is 8.63. The zero-order valence-electron chi connectivity index (χ0n) is 15.3. The van der Waals surface area contributed by atoms with Crippen LogP contribution in [0.4, 0.5) is 0 Å². The second-order valence-corrected chi connectivity index (χ2v) is 6.33. The molecule has 10 N–H and O–H groups in total. The highest BCUT2D eigenvalue weighted by Crippen LogP contribution is 2.03. The maximum absolute atomic E-state index is 12.5. The van der Waals surface area contributed by atoms with Crippen molar-refractivity contribution in [1.82, 2.24) is 16.0 Å². The van der Waals surface area contributed by atoms with Crippen LogP contribution in [0.15, 0.2) is 0 Å². The van der Waals surface area contributed by atoms with Crippen LogP contribution in [0, 0.1) is 0 Å². The number of nitrogens with one attached hydrogen (secondary N) is 3. The molecule has 0 fully saturated rings. The van der Waals surface area contributed by atoms with Crippen molar-refractivity contribution in [3.8, 4) is 0 Å². The van der Waals surface area contributed by atoms with Gasteiger partial charge < -0.3 is 42.7 Å². The van der Waals surface area contributed by atoms with Gasteiger partial charge in [-0.1, -0.05) is 0 Å². The number of carbonyl (C=O) groups is 4. The molecule has 13 heteroatoms. The molecule has 0 rings (SSSR count). The minimum Gasteiger partial charge on any atom is -0.480 e. The third kappa shape index (κ3) is 9.32. The van der Waals surface area contributed by atoms with Gasteiger partial charge in [0.2, 0.25) is 17.7 Å². The molecule has 0 aliphatic heterocycles. The Morgan fingerprint density at radius 3 is 1.86 bits per heavy atom. The number of nitrogens with two attached hydrogens (primary N) is 2. The summed E-state index contributed by atoms with van der Waals surface area (Å²) in [4.78, 5) is 47.4. The molecule has 0 saturated carbocycles. The minimum atomic E-state index is -1.44. The molecule has 0 heterocycles. The quantitative estimate of drug-likeness (QED) is 0.0978. The number of unbranched alkanes of at least 4 members (excludes halogenated alkanes) is 1. The Hall–Kier alpha value is -1.93. The van der Waals surface area contributed by atoms with Gasteiger partial charge in [0, 0.05) is 5.75 Å². The van der Waals surface area contributed by atoms with Crippen LogP contribution in [0.25, 0.3) is 0 Å². The number of thiol groups is 1. The first-order valence-corrected chi connectivity index (χ1v) is 9.27. The lowest BCUT2D eigenvalue weighted by molar-refractivity contribution is -0.142. The van der Waals surface area contributed by atoms with Crippen molar-refractivity contribution in [2.75, 3.05) is 25.5 Å². The normalized spacial score (nSPS) is 15.0. The fourth-order valence-electron chi connectivity index (χ4n) is 2.05. The first kappa shape index (κ1) is 26.1. The lowest BCUT2D eigenvalue weighted by atomic mass is 10.1. The van der Waals surface area contributed by atoms with E-state index in [1.54, 1.807) is 0 Å². The van der Waals surface area contributed by atoms with Gasteiger partial charge in [-0.2, -0.15) is 12.6 Å². The van der Waals surface area contributed by atoms with Gasteiger partial charge in [0.05, 0.1) is 13.2 Å². The molecule has 0 aliphatic carbocycles. The molecule has 4 atom stereocenters. The summed E-state index contributed by atoms with van der Waals surface area (Å²) >= 11 is 3.81. The Kier molecular flexibility index (Phi) is 13.1. The number of rotatable bonds is 14. The van der Waals surface area contributed by atoms with Crippen LogP contribution < -0.4 is 27.4 Å². The zero-order valence-corrected chi connectivity index (χ0v) is 16.2. The average molecular weight is 423 g/mol. The van der Waals surface area contributed by atoms with E-state index in [9.17, 15) is 24.3 Å². The highest BCUT2D eigenvalue weighted by Gasteiger charge is 2.29. The number of hydrogen-bond acceptors (Lipinski definition) is 9. The summed E-state index contributed by atoms with van der Waals surface area (Å²) in [6, 6.07) is -5.05. The summed E-state index contributed by atoms with van der Waals surface area (Å²) in [5, 5.41) is 34.0. The predicted molar refractivity (Wildman–Crippen MR) is 102 cm³/mol. The van der Waals surface area contributed by atoms with E-state index in [0.29, 0.717) is 19.4 Å². The third-order valence-corrected chi connectivity index (χ3v) is 4.09. The fraction of sp³-hybridized carbons (Fsp3) is 0.733. The van der Waals surface area contributed by atoms with Gasteiger partial charge in [0.25, 0.3) is 0 Å². The van der Waals surface area contributed by atoms with Crippen LogP contribution in [-0.4, -0.2) is 88.7 Å². The van der Waals surface area contributed by atoms with E-state index in [1.807, 2.05) is 0 Å². The van der Waals surface area contributed by atoms with Crippen molar-refractivity contribution in [1.29, 1.82) is 0 Å². The number of amides is 3. The number of hydrogen-bond donors (Lipinski definition) is 9. The largest absolute Gasteiger partial charge is 0.480 e. The number of aliphatic carboxylic acids is 1. The van der Waals surface area contributed by atoms with Gasteiger partial charge >= 0.3 is 5.97 Å². The molecule has 0 aromatic heterocycles. The van der Waals surface area contributed by atoms with Crippen LogP contribution in [0.2, 0.25) is 0 Å². The number of carboxylic acids is 1. The Balaban J connectivity index is 5.08. The molecule has 0 radical (unpaired) electrons. The number of carboxylic acid groups (broad SMARTS) is 1. The smallest absolute Gasteiger partial charge is 0.327 e. The van der Waals surface area contributed by atoms with Crippen molar-refractivity contribution < 1.29 is 34.5 Å². The minimum absolute atomic E-state index is 0.182. The number of carbonyl (C=O) groups excluding carboxylic acids is 3. The second-order valence-electron chi connectivity index (χ2n) is 5.96. The van der Waals surface area contributed by atoms with Crippen LogP contribution in [-0.2, 0) is 19.2 Å². The maximum atomic E-state index is 12.5. The van der Waals surface area contributed by atoms with E-state index in [2.05, 4.69) is 28.6 Å². The van der Waals surface area contributed by atoms with Crippen LogP contribution in [0.3, 0.4) is 0 Å². The second kappa shape index (κ2) is 14.1. The van der Waals surface area contributed by atoms with Crippen molar-refractivity contribution >= 4 is 36.3 Å². The van der Waals surface area contributed by atoms with Gasteiger partial charge in [0.15, 0.2) is 0 Å². The molecule has 162 valence electrons. The summed E-state index contributed by atoms with van der Waals surface area (Å²) < 4.78 is 0. The Morgan fingerprint density at radius 2 is 1.39 bits per heavy atom. The van der Waals surface area contributed by atoms with Gasteiger partial charge in [0.1, 0.15) is 24.2 Å². The van der Waals surface area contributed by atoms with E-state index in [-0.39, 0.29) is 12.2 Å². The molecule has 4 unspecified atom stereocenters. The monoisotopic (exact) mass is 423 g/mol. The lowest BCUT2D eigenvalue weighted by Gasteiger charge is -2.24. The van der Waals surface area contributed by atoms with E-state index >= 15 is 0 Å². The van der Waals surface area contributed by atoms with Gasteiger partial charge in [-0.15, -0.1) is 0 Å². The topological polar surface area (TPSA) is 217 Å². The molecule has 28 heavy (non-hydrogen) atoms. The number of aliphatic hydroxyl groups excluding tert-OH is 2. The molecule has 0 aromatic carbocycles. The molecule has 0 spiro atoms. The lowest BCUT2D eigenvalue weighted by Crippen LogP contribution is -2.58. The van der Waals surface area contributed by atoms with Crippen molar-refractivity contribution in [3.05, 3.63) is 0 Å². The maximum Gasteiger partial charge on any atom is 0.327 e. The molecular weight excluding hydrogens is 394 g/mol. The van der Waals surface area contributed by atoms with Crippen molar-refractivity contribution in [3.63, 3.8) is 0 Å². The predicted octanol–water partition coefficient (Wildman–Crippen LogP) is -4.10. The van der Waals surface area contributed by atoms with Crippen LogP contribution in [0.5, 0.6) is 0 Å². The highest BCUT2D eigenvalue weighted by atomic mass is 32.1. The van der Waals surface area contributed by atoms with E-state index < -0.39 is 61.1 Å². The Bertz CT molecular complexity index is 537. The van der Waals surface area contributed by atoms with E-state index in [0.717, 1.165) is 0 Å². The van der Waals surface area contributed by atoms with E-state index in [4.69, 9.17) is 21.7 Å². The molecule has 0 saturated heterocycles. The van der Waals surface area contributed by atoms with Crippen LogP contribution >= 0.6 is 12.6 Å². The SMILES string of the molecule is NCCCCC(NC(=O)C(N)CO)C(=O)NC(CO)C(=O)NC(CS)C(=O)O. The average Bonchev–Trinajstić information content (AvgIpc) is 2.67. The molecule has 3 amide bonds. The van der Waals surface area contributed by atoms with Crippen molar-refractivity contribution in [2.24, 2.45) is 11.5 Å². The highest BCUT2D eigenvalue weighted by molar-refractivity contribution is 7.80. The summed E-state index contributed by atoms with van der Waals surface area (Å²) in [7, 11) is 0. The number of aliphatic hydroxyl groups is 2. The van der Waals surface area contributed by atoms with Gasteiger partial charge in [-0.05, 0) is 25.8 Å². The van der Waals surface area contributed by atoms with Gasteiger partial charge in [-0.25, -0.2) is 4.79 Å². The molecule has 0 aromatic rings. The van der Waals surface area contributed by atoms with Crippen LogP contribution in [0.1, 0.15) is 19.3 Å².